The minimum atomic E-state index is -4.88. The molecule has 0 aliphatic carbocycles. The van der Waals surface area contributed by atoms with Crippen LogP contribution >= 0.6 is 0 Å². The largest absolute Gasteiger partial charge is 0.458 e. The number of halogens is 6. The van der Waals surface area contributed by atoms with Crippen LogP contribution < -0.4 is 0 Å². The van der Waals surface area contributed by atoms with Gasteiger partial charge in [-0.2, -0.15) is 13.2 Å². The standard InChI is InChI=1S/C22H12F6.3C2H6/c1-13-2-4-14(5-3-13)15-6-7-17(19(23)10-15)16-11-20(24)18(21(25)12-16)8-9-22(26,27)28;3*1-2/h2-7,10-12H,1H3;3*1-2H3. The zero-order valence-corrected chi connectivity index (χ0v) is 20.5. The van der Waals surface area contributed by atoms with E-state index in [-0.39, 0.29) is 11.1 Å². The predicted octanol–water partition coefficient (Wildman–Crippen LogP) is 9.74. The molecule has 0 aliphatic heterocycles. The van der Waals surface area contributed by atoms with Gasteiger partial charge in [-0.15, -0.1) is 0 Å². The van der Waals surface area contributed by atoms with Crippen molar-refractivity contribution in [3.63, 3.8) is 0 Å². The third-order valence-electron chi connectivity index (χ3n) is 4.04. The second-order valence-electron chi connectivity index (χ2n) is 6.12. The maximum atomic E-state index is 14.5. The topological polar surface area (TPSA) is 0 Å². The molecule has 0 bridgehead atoms. The minimum Gasteiger partial charge on any atom is -0.206 e. The molecule has 0 amide bonds. The highest BCUT2D eigenvalue weighted by Gasteiger charge is 2.23. The van der Waals surface area contributed by atoms with Crippen LogP contribution in [0.2, 0.25) is 0 Å². The summed E-state index contributed by atoms with van der Waals surface area (Å²) in [5.41, 5.74) is 1.16. The first-order valence-electron chi connectivity index (χ1n) is 11.1. The molecule has 0 radical (unpaired) electrons. The van der Waals surface area contributed by atoms with Crippen molar-refractivity contribution in [1.29, 1.82) is 0 Å². The van der Waals surface area contributed by atoms with Crippen LogP contribution in [0.4, 0.5) is 26.3 Å². The van der Waals surface area contributed by atoms with Gasteiger partial charge >= 0.3 is 6.18 Å². The van der Waals surface area contributed by atoms with Crippen LogP contribution in [0.3, 0.4) is 0 Å². The molecule has 3 rings (SSSR count). The van der Waals surface area contributed by atoms with Crippen molar-refractivity contribution in [2.24, 2.45) is 0 Å². The molecule has 0 aromatic heterocycles. The maximum absolute atomic E-state index is 14.5. The summed E-state index contributed by atoms with van der Waals surface area (Å²) in [6, 6.07) is 13.1. The SMILES string of the molecule is CC.CC.CC.Cc1ccc(-c2ccc(-c3cc(F)c(C#CC(F)(F)F)c(F)c3)c(F)c2)cc1. The molecule has 0 saturated heterocycles. The Kier molecular flexibility index (Phi) is 13.5. The van der Waals surface area contributed by atoms with Crippen molar-refractivity contribution < 1.29 is 26.3 Å². The van der Waals surface area contributed by atoms with E-state index in [9.17, 15) is 26.3 Å². The lowest BCUT2D eigenvalue weighted by Crippen LogP contribution is -2.02. The molecule has 0 fully saturated rings. The first-order chi connectivity index (χ1) is 16.1. The van der Waals surface area contributed by atoms with Crippen LogP contribution in [0.15, 0.2) is 54.6 Å². The van der Waals surface area contributed by atoms with Crippen molar-refractivity contribution in [2.45, 2.75) is 54.6 Å². The van der Waals surface area contributed by atoms with E-state index in [1.54, 1.807) is 6.07 Å². The molecule has 184 valence electrons. The van der Waals surface area contributed by atoms with Gasteiger partial charge in [0, 0.05) is 11.5 Å². The van der Waals surface area contributed by atoms with E-state index >= 15 is 0 Å². The monoisotopic (exact) mass is 480 g/mol. The summed E-state index contributed by atoms with van der Waals surface area (Å²) in [6.45, 7) is 13.9. The Morgan fingerprint density at radius 3 is 1.47 bits per heavy atom. The van der Waals surface area contributed by atoms with Crippen molar-refractivity contribution >= 4 is 0 Å². The van der Waals surface area contributed by atoms with E-state index in [1.165, 1.54) is 18.1 Å². The Labute approximate surface area is 198 Å². The second-order valence-corrected chi connectivity index (χ2v) is 6.12. The average molecular weight is 481 g/mol. The lowest BCUT2D eigenvalue weighted by atomic mass is 9.98. The Bertz CT molecular complexity index is 1060. The maximum Gasteiger partial charge on any atom is 0.458 e. The Balaban J connectivity index is 0.00000168. The zero-order chi connectivity index (χ0) is 26.5. The van der Waals surface area contributed by atoms with E-state index in [2.05, 4.69) is 0 Å². The van der Waals surface area contributed by atoms with Gasteiger partial charge in [0.05, 0.1) is 5.56 Å². The molecule has 0 unspecified atom stereocenters. The van der Waals surface area contributed by atoms with Gasteiger partial charge in [-0.05, 0) is 41.8 Å². The molecular weight excluding hydrogens is 450 g/mol. The molecule has 0 N–H and O–H groups in total. The van der Waals surface area contributed by atoms with Gasteiger partial charge in [0.15, 0.2) is 0 Å². The van der Waals surface area contributed by atoms with E-state index in [0.717, 1.165) is 29.2 Å². The molecule has 0 atom stereocenters. The molecule has 0 saturated carbocycles. The van der Waals surface area contributed by atoms with Crippen molar-refractivity contribution in [2.75, 3.05) is 0 Å². The number of alkyl halides is 3. The van der Waals surface area contributed by atoms with E-state index < -0.39 is 29.2 Å². The second kappa shape index (κ2) is 14.8. The summed E-state index contributed by atoms with van der Waals surface area (Å²) in [6.07, 6.45) is -4.88. The highest BCUT2D eigenvalue weighted by atomic mass is 19.4. The Morgan fingerprint density at radius 1 is 0.588 bits per heavy atom. The van der Waals surface area contributed by atoms with Gasteiger partial charge in [0.1, 0.15) is 17.5 Å². The predicted molar refractivity (Wildman–Crippen MR) is 129 cm³/mol. The molecule has 6 heteroatoms. The van der Waals surface area contributed by atoms with Crippen molar-refractivity contribution in [3.05, 3.63) is 83.2 Å². The van der Waals surface area contributed by atoms with Crippen LogP contribution in [-0.2, 0) is 0 Å². The van der Waals surface area contributed by atoms with Gasteiger partial charge in [0.25, 0.3) is 0 Å². The Morgan fingerprint density at radius 2 is 1.03 bits per heavy atom. The van der Waals surface area contributed by atoms with Gasteiger partial charge in [0.2, 0.25) is 0 Å². The van der Waals surface area contributed by atoms with Gasteiger partial charge in [-0.3, -0.25) is 0 Å². The summed E-state index contributed by atoms with van der Waals surface area (Å²) in [5, 5.41) is 0. The number of hydrogen-bond acceptors (Lipinski definition) is 0. The molecule has 0 aliphatic rings. The first-order valence-corrected chi connectivity index (χ1v) is 11.1. The van der Waals surface area contributed by atoms with Crippen LogP contribution in [-0.4, -0.2) is 6.18 Å². The molecule has 3 aromatic rings. The fourth-order valence-corrected chi connectivity index (χ4v) is 2.66. The van der Waals surface area contributed by atoms with Crippen LogP contribution in [0.5, 0.6) is 0 Å². The third-order valence-corrected chi connectivity index (χ3v) is 4.04. The minimum absolute atomic E-state index is 0.0796. The smallest absolute Gasteiger partial charge is 0.206 e. The summed E-state index contributed by atoms with van der Waals surface area (Å²) in [7, 11) is 0. The molecule has 0 heterocycles. The van der Waals surface area contributed by atoms with Gasteiger partial charge < -0.3 is 0 Å². The Hall–Kier alpha value is -3.20. The fraction of sp³-hybridized carbons (Fsp3) is 0.286. The number of benzene rings is 3. The molecule has 3 aromatic carbocycles. The highest BCUT2D eigenvalue weighted by molar-refractivity contribution is 5.71. The summed E-state index contributed by atoms with van der Waals surface area (Å²) in [5.74, 6) is -1.06. The lowest BCUT2D eigenvalue weighted by molar-refractivity contribution is -0.0696. The number of hydrogen-bond donors (Lipinski definition) is 0. The molecule has 0 nitrogen and oxygen atoms in total. The van der Waals surface area contributed by atoms with E-state index in [1.807, 2.05) is 72.7 Å². The van der Waals surface area contributed by atoms with Crippen molar-refractivity contribution in [1.82, 2.24) is 0 Å². The summed E-state index contributed by atoms with van der Waals surface area (Å²) < 4.78 is 79.1. The lowest BCUT2D eigenvalue weighted by Gasteiger charge is -2.09. The van der Waals surface area contributed by atoms with Gasteiger partial charge in [-0.1, -0.05) is 89.4 Å². The quantitative estimate of drug-likeness (QED) is 0.253. The molecule has 34 heavy (non-hydrogen) atoms. The summed E-state index contributed by atoms with van der Waals surface area (Å²) >= 11 is 0. The summed E-state index contributed by atoms with van der Waals surface area (Å²) in [4.78, 5) is 0. The van der Waals surface area contributed by atoms with Crippen molar-refractivity contribution in [3.8, 4) is 34.1 Å². The number of aryl methyl sites for hydroxylation is 1. The van der Waals surface area contributed by atoms with Crippen LogP contribution in [0.1, 0.15) is 52.7 Å². The highest BCUT2D eigenvalue weighted by Crippen LogP contribution is 2.30. The first kappa shape index (κ1) is 30.8. The van der Waals surface area contributed by atoms with Gasteiger partial charge in [-0.25, -0.2) is 13.2 Å². The third kappa shape index (κ3) is 8.97. The van der Waals surface area contributed by atoms with E-state index in [4.69, 9.17) is 0 Å². The average Bonchev–Trinajstić information content (AvgIpc) is 2.82. The van der Waals surface area contributed by atoms with E-state index in [0.29, 0.717) is 5.56 Å². The fourth-order valence-electron chi connectivity index (χ4n) is 2.66. The number of rotatable bonds is 2. The van der Waals surface area contributed by atoms with Crippen LogP contribution in [0, 0.1) is 36.2 Å². The normalized spacial score (nSPS) is 9.68. The zero-order valence-electron chi connectivity index (χ0n) is 20.5. The molecule has 0 spiro atoms. The van der Waals surface area contributed by atoms with Crippen LogP contribution in [0.25, 0.3) is 22.3 Å². The molecular formula is C28H30F6.